The van der Waals surface area contributed by atoms with Gasteiger partial charge in [-0.25, -0.2) is 0 Å². The maximum Gasteiger partial charge on any atom is 0.166 e. The van der Waals surface area contributed by atoms with Crippen LogP contribution in [0.3, 0.4) is 0 Å². The zero-order valence-corrected chi connectivity index (χ0v) is 13.9. The average Bonchev–Trinajstić information content (AvgIpc) is 2.49. The van der Waals surface area contributed by atoms with Crippen LogP contribution in [0.25, 0.3) is 0 Å². The summed E-state index contributed by atoms with van der Waals surface area (Å²) in [5.41, 5.74) is 0.898. The van der Waals surface area contributed by atoms with E-state index in [4.69, 9.17) is 27.9 Å². The molecule has 116 valence electrons. The van der Waals surface area contributed by atoms with Crippen molar-refractivity contribution in [1.82, 2.24) is 0 Å². The Hall–Kier alpha value is -0.570. The second kappa shape index (κ2) is 8.17. The minimum Gasteiger partial charge on any atom is -0.370 e. The number of hydrogen-bond donors (Lipinski definition) is 0. The largest absolute Gasteiger partial charge is 0.370 e. The van der Waals surface area contributed by atoms with Gasteiger partial charge in [-0.05, 0) is 43.4 Å². The molecule has 0 N–H and O–H groups in total. The van der Waals surface area contributed by atoms with E-state index in [-0.39, 0.29) is 11.9 Å². The van der Waals surface area contributed by atoms with Gasteiger partial charge in [-0.3, -0.25) is 4.79 Å². The lowest BCUT2D eigenvalue weighted by atomic mass is 9.82. The molecule has 1 aliphatic rings. The maximum atomic E-state index is 12.6. The lowest BCUT2D eigenvalue weighted by Crippen LogP contribution is -2.35. The van der Waals surface area contributed by atoms with Crippen molar-refractivity contribution in [1.29, 1.82) is 0 Å². The highest BCUT2D eigenvalue weighted by Crippen LogP contribution is 2.29. The van der Waals surface area contributed by atoms with Crippen LogP contribution in [0.5, 0.6) is 0 Å². The molecular weight excluding hydrogens is 307 g/mol. The molecule has 2 nitrogen and oxygen atoms in total. The molecule has 2 rings (SSSR count). The molecule has 0 aliphatic heterocycles. The van der Waals surface area contributed by atoms with Crippen LogP contribution >= 0.6 is 23.2 Å². The van der Waals surface area contributed by atoms with Crippen LogP contribution in [-0.2, 0) is 16.0 Å². The molecule has 4 heteroatoms. The molecule has 0 spiro atoms. The predicted octanol–water partition coefficient (Wildman–Crippen LogP) is 5.09. The van der Waals surface area contributed by atoms with Crippen molar-refractivity contribution in [2.24, 2.45) is 5.92 Å². The van der Waals surface area contributed by atoms with E-state index in [0.29, 0.717) is 29.0 Å². The Morgan fingerprint density at radius 2 is 1.95 bits per heavy atom. The lowest BCUT2D eigenvalue weighted by molar-refractivity contribution is -0.134. The normalized spacial score (nSPS) is 17.7. The fraction of sp³-hybridized carbons (Fsp3) is 0.588. The number of hydrogen-bond acceptors (Lipinski definition) is 2. The Morgan fingerprint density at radius 1 is 1.24 bits per heavy atom. The second-order valence-electron chi connectivity index (χ2n) is 5.67. The molecular formula is C17H22Cl2O2. The first-order chi connectivity index (χ1) is 10.1. The van der Waals surface area contributed by atoms with E-state index >= 15 is 0 Å². The third-order valence-electron chi connectivity index (χ3n) is 4.10. The summed E-state index contributed by atoms with van der Waals surface area (Å²) >= 11 is 11.9. The van der Waals surface area contributed by atoms with E-state index in [1.165, 1.54) is 19.3 Å². The molecule has 1 aliphatic carbocycles. The summed E-state index contributed by atoms with van der Waals surface area (Å²) in [5, 5.41) is 1.01. The highest BCUT2D eigenvalue weighted by molar-refractivity contribution is 6.42. The predicted molar refractivity (Wildman–Crippen MR) is 87.2 cm³/mol. The zero-order chi connectivity index (χ0) is 15.2. The number of Topliss-reactive ketones (excluding diaryl/α,β-unsaturated/α-hetero) is 1. The van der Waals surface area contributed by atoms with Crippen LogP contribution in [0.2, 0.25) is 10.0 Å². The number of ketones is 1. The van der Waals surface area contributed by atoms with Crippen LogP contribution in [0, 0.1) is 5.92 Å². The Kier molecular flexibility index (Phi) is 6.53. The van der Waals surface area contributed by atoms with Crippen molar-refractivity contribution >= 4 is 29.0 Å². The number of ether oxygens (including phenoxy) is 1. The highest BCUT2D eigenvalue weighted by Gasteiger charge is 2.29. The SMILES string of the molecule is CCOC(C(=O)Cc1ccc(Cl)c(Cl)c1)C1CCCCC1. The second-order valence-corrected chi connectivity index (χ2v) is 6.48. The van der Waals surface area contributed by atoms with Gasteiger partial charge in [-0.1, -0.05) is 48.5 Å². The monoisotopic (exact) mass is 328 g/mol. The van der Waals surface area contributed by atoms with Gasteiger partial charge >= 0.3 is 0 Å². The minimum absolute atomic E-state index is 0.155. The van der Waals surface area contributed by atoms with Gasteiger partial charge in [0.05, 0.1) is 10.0 Å². The molecule has 0 aromatic heterocycles. The van der Waals surface area contributed by atoms with Crippen molar-refractivity contribution in [2.75, 3.05) is 6.61 Å². The first kappa shape index (κ1) is 16.8. The van der Waals surface area contributed by atoms with Crippen LogP contribution in [-0.4, -0.2) is 18.5 Å². The molecule has 1 saturated carbocycles. The lowest BCUT2D eigenvalue weighted by Gasteiger charge is -2.29. The molecule has 1 aromatic carbocycles. The van der Waals surface area contributed by atoms with E-state index in [1.807, 2.05) is 13.0 Å². The highest BCUT2D eigenvalue weighted by atomic mass is 35.5. The quantitative estimate of drug-likeness (QED) is 0.726. The molecule has 1 atom stereocenters. The van der Waals surface area contributed by atoms with Crippen molar-refractivity contribution in [3.63, 3.8) is 0 Å². The Morgan fingerprint density at radius 3 is 2.57 bits per heavy atom. The third kappa shape index (κ3) is 4.70. The Balaban J connectivity index is 2.05. The fourth-order valence-corrected chi connectivity index (χ4v) is 3.38. The topological polar surface area (TPSA) is 26.3 Å². The summed E-state index contributed by atoms with van der Waals surface area (Å²) in [6.45, 7) is 2.52. The minimum atomic E-state index is -0.273. The molecule has 0 bridgehead atoms. The molecule has 0 saturated heterocycles. The zero-order valence-electron chi connectivity index (χ0n) is 12.4. The summed E-state index contributed by atoms with van der Waals surface area (Å²) in [7, 11) is 0. The standard InChI is InChI=1S/C17H22Cl2O2/c1-2-21-17(13-6-4-3-5-7-13)16(20)11-12-8-9-14(18)15(19)10-12/h8-10,13,17H,2-7,11H2,1H3. The molecule has 1 unspecified atom stereocenters. The smallest absolute Gasteiger partial charge is 0.166 e. The number of benzene rings is 1. The van der Waals surface area contributed by atoms with Gasteiger partial charge in [0.25, 0.3) is 0 Å². The van der Waals surface area contributed by atoms with E-state index < -0.39 is 0 Å². The van der Waals surface area contributed by atoms with E-state index in [0.717, 1.165) is 18.4 Å². The number of halogens is 2. The number of carbonyl (C=O) groups excluding carboxylic acids is 1. The maximum absolute atomic E-state index is 12.6. The summed E-state index contributed by atoms with van der Waals surface area (Å²) in [4.78, 5) is 12.6. The van der Waals surface area contributed by atoms with Gasteiger partial charge in [-0.15, -0.1) is 0 Å². The Labute approximate surface area is 136 Å². The molecule has 0 radical (unpaired) electrons. The average molecular weight is 329 g/mol. The molecule has 0 heterocycles. The van der Waals surface area contributed by atoms with Crippen molar-refractivity contribution in [3.05, 3.63) is 33.8 Å². The molecule has 1 fully saturated rings. The number of rotatable bonds is 6. The van der Waals surface area contributed by atoms with Crippen molar-refractivity contribution in [2.45, 2.75) is 51.6 Å². The van der Waals surface area contributed by atoms with Crippen molar-refractivity contribution < 1.29 is 9.53 Å². The van der Waals surface area contributed by atoms with Gasteiger partial charge in [0.15, 0.2) is 5.78 Å². The van der Waals surface area contributed by atoms with E-state index in [2.05, 4.69) is 0 Å². The Bertz CT molecular complexity index is 482. The van der Waals surface area contributed by atoms with Gasteiger partial charge in [-0.2, -0.15) is 0 Å². The molecule has 1 aromatic rings. The van der Waals surface area contributed by atoms with Crippen LogP contribution in [0.1, 0.15) is 44.6 Å². The van der Waals surface area contributed by atoms with Gasteiger partial charge in [0.2, 0.25) is 0 Å². The summed E-state index contributed by atoms with van der Waals surface area (Å²) in [6, 6.07) is 5.37. The van der Waals surface area contributed by atoms with E-state index in [1.54, 1.807) is 12.1 Å². The summed E-state index contributed by atoms with van der Waals surface area (Å²) in [5.74, 6) is 0.524. The van der Waals surface area contributed by atoms with Crippen LogP contribution in [0.15, 0.2) is 18.2 Å². The summed E-state index contributed by atoms with van der Waals surface area (Å²) in [6.07, 6.45) is 5.96. The molecule has 21 heavy (non-hydrogen) atoms. The first-order valence-electron chi connectivity index (χ1n) is 7.70. The third-order valence-corrected chi connectivity index (χ3v) is 4.84. The van der Waals surface area contributed by atoms with Crippen LogP contribution < -0.4 is 0 Å². The van der Waals surface area contributed by atoms with Crippen molar-refractivity contribution in [3.8, 4) is 0 Å². The van der Waals surface area contributed by atoms with Gasteiger partial charge in [0.1, 0.15) is 6.10 Å². The van der Waals surface area contributed by atoms with Gasteiger partial charge < -0.3 is 4.74 Å². The van der Waals surface area contributed by atoms with Gasteiger partial charge in [0, 0.05) is 13.0 Å². The molecule has 0 amide bonds. The first-order valence-corrected chi connectivity index (χ1v) is 8.45. The number of carbonyl (C=O) groups is 1. The summed E-state index contributed by atoms with van der Waals surface area (Å²) < 4.78 is 5.76. The van der Waals surface area contributed by atoms with E-state index in [9.17, 15) is 4.79 Å². The van der Waals surface area contributed by atoms with Crippen LogP contribution in [0.4, 0.5) is 0 Å². The fourth-order valence-electron chi connectivity index (χ4n) is 3.06.